The molecule has 0 spiro atoms. The van der Waals surface area contributed by atoms with E-state index < -0.39 is 0 Å². The van der Waals surface area contributed by atoms with Crippen LogP contribution in [0.5, 0.6) is 0 Å². The number of nitrogens with zero attached hydrogens (tertiary/aromatic N) is 1. The second-order valence-corrected chi connectivity index (χ2v) is 6.35. The van der Waals surface area contributed by atoms with Crippen LogP contribution in [0.4, 0.5) is 0 Å². The molecule has 1 aromatic heterocycles. The Morgan fingerprint density at radius 1 is 1.32 bits per heavy atom. The molecule has 1 unspecified atom stereocenters. The van der Waals surface area contributed by atoms with Gasteiger partial charge in [0, 0.05) is 17.8 Å². The van der Waals surface area contributed by atoms with Crippen molar-refractivity contribution in [2.24, 2.45) is 0 Å². The van der Waals surface area contributed by atoms with Gasteiger partial charge in [-0.05, 0) is 37.8 Å². The largest absolute Gasteiger partial charge is 0.319 e. The van der Waals surface area contributed by atoms with Gasteiger partial charge in [-0.2, -0.15) is 0 Å². The van der Waals surface area contributed by atoms with Crippen LogP contribution in [0.1, 0.15) is 33.5 Å². The van der Waals surface area contributed by atoms with Gasteiger partial charge in [-0.1, -0.05) is 30.3 Å². The molecule has 0 saturated carbocycles. The van der Waals surface area contributed by atoms with Crippen molar-refractivity contribution in [1.82, 2.24) is 10.3 Å². The molecule has 1 aromatic carbocycles. The molecule has 19 heavy (non-hydrogen) atoms. The van der Waals surface area contributed by atoms with E-state index in [0.29, 0.717) is 5.92 Å². The van der Waals surface area contributed by atoms with Crippen molar-refractivity contribution >= 4 is 11.3 Å². The average molecular weight is 272 g/mol. The van der Waals surface area contributed by atoms with Crippen LogP contribution >= 0.6 is 11.3 Å². The standard InChI is InChI=1S/C16H20N2S/c1-17-10-9-16-18-14-8-7-13(11-15(14)19-16)12-5-3-2-4-6-12/h2-6,13,17H,7-11H2,1H3. The monoisotopic (exact) mass is 272 g/mol. The fraction of sp³-hybridized carbons (Fsp3) is 0.438. The van der Waals surface area contributed by atoms with Gasteiger partial charge >= 0.3 is 0 Å². The molecule has 1 aliphatic rings. The Labute approximate surface area is 118 Å². The Morgan fingerprint density at radius 3 is 2.95 bits per heavy atom. The highest BCUT2D eigenvalue weighted by Crippen LogP contribution is 2.35. The molecule has 2 nitrogen and oxygen atoms in total. The van der Waals surface area contributed by atoms with Crippen LogP contribution in [0.25, 0.3) is 0 Å². The first-order valence-electron chi connectivity index (χ1n) is 7.04. The smallest absolute Gasteiger partial charge is 0.0943 e. The van der Waals surface area contributed by atoms with E-state index in [1.54, 1.807) is 0 Å². The predicted molar refractivity (Wildman–Crippen MR) is 81.0 cm³/mol. The molecule has 2 aromatic rings. The van der Waals surface area contributed by atoms with Crippen molar-refractivity contribution < 1.29 is 0 Å². The molecule has 1 aliphatic carbocycles. The third-order valence-electron chi connectivity index (χ3n) is 3.84. The zero-order valence-corrected chi connectivity index (χ0v) is 12.2. The van der Waals surface area contributed by atoms with E-state index in [4.69, 9.17) is 4.98 Å². The van der Waals surface area contributed by atoms with Crippen LogP contribution in [0.3, 0.4) is 0 Å². The Kier molecular flexibility index (Phi) is 3.95. The summed E-state index contributed by atoms with van der Waals surface area (Å²) in [6.45, 7) is 1.02. The van der Waals surface area contributed by atoms with E-state index in [2.05, 4.69) is 35.6 Å². The van der Waals surface area contributed by atoms with Gasteiger partial charge in [0.2, 0.25) is 0 Å². The van der Waals surface area contributed by atoms with Gasteiger partial charge < -0.3 is 5.32 Å². The van der Waals surface area contributed by atoms with Gasteiger partial charge in [0.1, 0.15) is 0 Å². The normalized spacial score (nSPS) is 18.3. The van der Waals surface area contributed by atoms with Crippen LogP contribution in [0.15, 0.2) is 30.3 Å². The Bertz CT molecular complexity index is 533. The lowest BCUT2D eigenvalue weighted by Gasteiger charge is -2.21. The third kappa shape index (κ3) is 2.88. The highest BCUT2D eigenvalue weighted by molar-refractivity contribution is 7.11. The summed E-state index contributed by atoms with van der Waals surface area (Å²) in [6, 6.07) is 10.9. The zero-order valence-electron chi connectivity index (χ0n) is 11.4. The van der Waals surface area contributed by atoms with E-state index in [9.17, 15) is 0 Å². The minimum atomic E-state index is 0.686. The van der Waals surface area contributed by atoms with Gasteiger partial charge in [-0.25, -0.2) is 4.98 Å². The van der Waals surface area contributed by atoms with E-state index in [-0.39, 0.29) is 0 Å². The summed E-state index contributed by atoms with van der Waals surface area (Å²) in [6.07, 6.45) is 4.62. The maximum atomic E-state index is 4.79. The van der Waals surface area contributed by atoms with E-state index in [1.807, 2.05) is 18.4 Å². The number of thiazole rings is 1. The number of fused-ring (bicyclic) bond motifs is 1. The summed E-state index contributed by atoms with van der Waals surface area (Å²) in [5, 5.41) is 4.50. The zero-order chi connectivity index (χ0) is 13.1. The lowest BCUT2D eigenvalue weighted by molar-refractivity contribution is 0.583. The molecule has 0 amide bonds. The molecular formula is C16H20N2S. The summed E-state index contributed by atoms with van der Waals surface area (Å²) in [7, 11) is 2.00. The molecule has 0 radical (unpaired) electrons. The molecule has 0 saturated heterocycles. The second-order valence-electron chi connectivity index (χ2n) is 5.18. The first-order chi connectivity index (χ1) is 9.36. The Hall–Kier alpha value is -1.19. The van der Waals surface area contributed by atoms with Crippen molar-refractivity contribution in [1.29, 1.82) is 0 Å². The van der Waals surface area contributed by atoms with E-state index in [0.717, 1.165) is 19.4 Å². The summed E-state index contributed by atoms with van der Waals surface area (Å²) < 4.78 is 0. The molecule has 0 bridgehead atoms. The van der Waals surface area contributed by atoms with E-state index >= 15 is 0 Å². The van der Waals surface area contributed by atoms with Crippen molar-refractivity contribution in [2.45, 2.75) is 31.6 Å². The first-order valence-corrected chi connectivity index (χ1v) is 7.85. The minimum Gasteiger partial charge on any atom is -0.319 e. The van der Waals surface area contributed by atoms with Crippen LogP contribution in [0.2, 0.25) is 0 Å². The highest BCUT2D eigenvalue weighted by Gasteiger charge is 2.23. The van der Waals surface area contributed by atoms with Crippen molar-refractivity contribution in [2.75, 3.05) is 13.6 Å². The summed E-state index contributed by atoms with van der Waals surface area (Å²) in [4.78, 5) is 6.31. The maximum Gasteiger partial charge on any atom is 0.0943 e. The number of benzene rings is 1. The quantitative estimate of drug-likeness (QED) is 0.924. The fourth-order valence-electron chi connectivity index (χ4n) is 2.78. The number of hydrogen-bond acceptors (Lipinski definition) is 3. The van der Waals surface area contributed by atoms with Crippen molar-refractivity contribution in [3.05, 3.63) is 51.5 Å². The summed E-state index contributed by atoms with van der Waals surface area (Å²) in [5.41, 5.74) is 2.85. The van der Waals surface area contributed by atoms with Crippen LogP contribution in [-0.2, 0) is 19.3 Å². The van der Waals surface area contributed by atoms with Gasteiger partial charge in [0.05, 0.1) is 10.7 Å². The topological polar surface area (TPSA) is 24.9 Å². The first kappa shape index (κ1) is 12.8. The number of rotatable bonds is 4. The Balaban J connectivity index is 1.75. The molecule has 1 N–H and O–H groups in total. The minimum absolute atomic E-state index is 0.686. The number of likely N-dealkylation sites (N-methyl/N-ethyl adjacent to an activating group) is 1. The van der Waals surface area contributed by atoms with Gasteiger partial charge in [-0.15, -0.1) is 11.3 Å². The summed E-state index contributed by atoms with van der Waals surface area (Å²) in [5.74, 6) is 0.686. The molecule has 3 heteroatoms. The fourth-order valence-corrected chi connectivity index (χ4v) is 3.97. The average Bonchev–Trinajstić information content (AvgIpc) is 2.87. The lowest BCUT2D eigenvalue weighted by atomic mass is 9.85. The molecule has 100 valence electrons. The predicted octanol–water partition coefficient (Wildman–Crippen LogP) is 3.18. The Morgan fingerprint density at radius 2 is 2.16 bits per heavy atom. The van der Waals surface area contributed by atoms with Gasteiger partial charge in [0.25, 0.3) is 0 Å². The van der Waals surface area contributed by atoms with E-state index in [1.165, 1.54) is 34.0 Å². The number of aromatic nitrogens is 1. The molecule has 0 fully saturated rings. The van der Waals surface area contributed by atoms with Gasteiger partial charge in [0.15, 0.2) is 0 Å². The molecule has 1 heterocycles. The van der Waals surface area contributed by atoms with Crippen molar-refractivity contribution in [3.8, 4) is 0 Å². The molecule has 3 rings (SSSR count). The number of nitrogens with one attached hydrogen (secondary N) is 1. The van der Waals surface area contributed by atoms with Crippen LogP contribution in [-0.4, -0.2) is 18.6 Å². The van der Waals surface area contributed by atoms with Gasteiger partial charge in [-0.3, -0.25) is 0 Å². The molecule has 1 atom stereocenters. The highest BCUT2D eigenvalue weighted by atomic mass is 32.1. The third-order valence-corrected chi connectivity index (χ3v) is 5.02. The molecule has 0 aliphatic heterocycles. The van der Waals surface area contributed by atoms with Crippen molar-refractivity contribution in [3.63, 3.8) is 0 Å². The SMILES string of the molecule is CNCCc1nc2c(s1)CC(c1ccccc1)CC2. The summed E-state index contributed by atoms with van der Waals surface area (Å²) >= 11 is 1.92. The maximum absolute atomic E-state index is 4.79. The van der Waals surface area contributed by atoms with Crippen LogP contribution in [0, 0.1) is 0 Å². The molecular weight excluding hydrogens is 252 g/mol. The lowest BCUT2D eigenvalue weighted by Crippen LogP contribution is -2.11. The second kappa shape index (κ2) is 5.85. The van der Waals surface area contributed by atoms with Crippen LogP contribution < -0.4 is 5.32 Å². The number of aryl methyl sites for hydroxylation is 1. The number of hydrogen-bond donors (Lipinski definition) is 1.